The lowest BCUT2D eigenvalue weighted by atomic mass is 10.2. The fraction of sp³-hybridized carbons (Fsp3) is 0.417. The van der Waals surface area contributed by atoms with E-state index in [0.717, 1.165) is 12.3 Å². The minimum atomic E-state index is -4.99. The molecule has 2 rings (SSSR count). The molecule has 1 aliphatic rings. The zero-order valence-electron chi connectivity index (χ0n) is 10.9. The number of alkyl halides is 6. The molecule has 0 bridgehead atoms. The number of piperazine rings is 1. The average Bonchev–Trinajstić information content (AvgIpc) is 2.87. The van der Waals surface area contributed by atoms with Gasteiger partial charge in [0.25, 0.3) is 5.78 Å². The Balaban J connectivity index is 2.13. The molecular weight excluding hydrogens is 318 g/mol. The van der Waals surface area contributed by atoms with Crippen molar-refractivity contribution in [3.05, 3.63) is 29.9 Å². The van der Waals surface area contributed by atoms with Gasteiger partial charge in [0.05, 0.1) is 12.2 Å². The van der Waals surface area contributed by atoms with Gasteiger partial charge in [-0.2, -0.15) is 26.3 Å². The first kappa shape index (κ1) is 16.2. The zero-order valence-corrected chi connectivity index (χ0v) is 10.9. The molecule has 0 aromatic carbocycles. The van der Waals surface area contributed by atoms with Gasteiger partial charge in [-0.3, -0.25) is 4.79 Å². The molecule has 122 valence electrons. The monoisotopic (exact) mass is 328 g/mol. The first-order valence-electron chi connectivity index (χ1n) is 6.03. The minimum absolute atomic E-state index is 0.0247. The van der Waals surface area contributed by atoms with Crippen molar-refractivity contribution >= 4 is 11.5 Å². The molecule has 1 aromatic rings. The van der Waals surface area contributed by atoms with Gasteiger partial charge in [-0.15, -0.1) is 0 Å². The van der Waals surface area contributed by atoms with Crippen molar-refractivity contribution < 1.29 is 35.6 Å². The summed E-state index contributed by atoms with van der Waals surface area (Å²) in [6.07, 6.45) is -8.36. The number of carbonyl (C=O) groups is 1. The molecule has 10 heteroatoms. The Hall–Kier alpha value is -2.13. The highest BCUT2D eigenvalue weighted by molar-refractivity contribution is 5.95. The molecule has 0 unspecified atom stereocenters. The van der Waals surface area contributed by atoms with Crippen LogP contribution in [-0.2, 0) is 11.0 Å². The van der Waals surface area contributed by atoms with Crippen LogP contribution in [0.2, 0.25) is 0 Å². The summed E-state index contributed by atoms with van der Waals surface area (Å²) in [6, 6.07) is 0.758. The summed E-state index contributed by atoms with van der Waals surface area (Å²) in [7, 11) is 0. The van der Waals surface area contributed by atoms with Crippen LogP contribution in [0.15, 0.2) is 28.5 Å². The number of ketones is 1. The third-order valence-electron chi connectivity index (χ3n) is 2.91. The molecule has 0 spiro atoms. The fourth-order valence-electron chi connectivity index (χ4n) is 1.89. The summed E-state index contributed by atoms with van der Waals surface area (Å²) in [5.41, 5.74) is 0.0579. The van der Waals surface area contributed by atoms with E-state index < -0.39 is 23.9 Å². The Kier molecular flexibility index (Phi) is 4.12. The Morgan fingerprint density at radius 2 is 1.95 bits per heavy atom. The van der Waals surface area contributed by atoms with E-state index in [4.69, 9.17) is 0 Å². The molecule has 2 heterocycles. The number of furan rings is 1. The molecule has 0 amide bonds. The van der Waals surface area contributed by atoms with Gasteiger partial charge in [-0.05, 0) is 0 Å². The summed E-state index contributed by atoms with van der Waals surface area (Å²) in [5.74, 6) is -3.22. The molecule has 1 saturated heterocycles. The molecule has 1 aliphatic heterocycles. The molecule has 0 saturated carbocycles. The van der Waals surface area contributed by atoms with Crippen molar-refractivity contribution in [2.45, 2.75) is 12.4 Å². The van der Waals surface area contributed by atoms with Crippen LogP contribution in [-0.4, -0.2) is 31.6 Å². The number of anilines is 1. The van der Waals surface area contributed by atoms with Crippen LogP contribution in [0.25, 0.3) is 0 Å². The summed E-state index contributed by atoms with van der Waals surface area (Å²) in [4.78, 5) is 12.3. The molecule has 22 heavy (non-hydrogen) atoms. The second-order valence-electron chi connectivity index (χ2n) is 4.55. The van der Waals surface area contributed by atoms with E-state index in [1.165, 1.54) is 4.90 Å². The number of halogens is 6. The SMILES string of the molecule is O=C(/C=C1/CN(c2coc(C(F)(F)F)c2)CCN1)C(F)(F)F. The van der Waals surface area contributed by atoms with Crippen LogP contribution in [0.4, 0.5) is 32.0 Å². The number of nitrogens with one attached hydrogen (secondary N) is 1. The lowest BCUT2D eigenvalue weighted by molar-refractivity contribution is -0.165. The number of carbonyl (C=O) groups excluding carboxylic acids is 1. The van der Waals surface area contributed by atoms with E-state index in [0.29, 0.717) is 6.08 Å². The van der Waals surface area contributed by atoms with E-state index in [9.17, 15) is 31.1 Å². The highest BCUT2D eigenvalue weighted by atomic mass is 19.4. The van der Waals surface area contributed by atoms with Crippen molar-refractivity contribution in [2.75, 3.05) is 24.5 Å². The lowest BCUT2D eigenvalue weighted by Gasteiger charge is -2.30. The van der Waals surface area contributed by atoms with Crippen molar-refractivity contribution in [1.29, 1.82) is 0 Å². The molecule has 0 radical (unpaired) electrons. The molecule has 1 N–H and O–H groups in total. The van der Waals surface area contributed by atoms with Crippen molar-refractivity contribution in [3.8, 4) is 0 Å². The highest BCUT2D eigenvalue weighted by Crippen LogP contribution is 2.33. The van der Waals surface area contributed by atoms with Crippen LogP contribution in [0.1, 0.15) is 5.76 Å². The van der Waals surface area contributed by atoms with Gasteiger partial charge in [0.1, 0.15) is 6.26 Å². The molecule has 4 nitrogen and oxygen atoms in total. The van der Waals surface area contributed by atoms with Crippen molar-refractivity contribution in [3.63, 3.8) is 0 Å². The van der Waals surface area contributed by atoms with Crippen molar-refractivity contribution in [1.82, 2.24) is 5.32 Å². The largest absolute Gasteiger partial charge is 0.458 e. The maximum Gasteiger partial charge on any atom is 0.454 e. The summed E-state index contributed by atoms with van der Waals surface area (Å²) >= 11 is 0. The zero-order chi connectivity index (χ0) is 16.5. The normalized spacial score (nSPS) is 18.5. The van der Waals surface area contributed by atoms with Crippen molar-refractivity contribution in [2.24, 2.45) is 0 Å². The van der Waals surface area contributed by atoms with Gasteiger partial charge in [0, 0.05) is 30.9 Å². The standard InChI is InChI=1S/C12H10F6N2O2/c13-11(14,15)9(21)3-7-5-20(2-1-19-7)8-4-10(22-6-8)12(16,17)18/h3-4,6,19H,1-2,5H2/b7-3-. The van der Waals surface area contributed by atoms with Gasteiger partial charge in [0.15, 0.2) is 0 Å². The smallest absolute Gasteiger partial charge is 0.454 e. The molecule has 0 aliphatic carbocycles. The van der Waals surface area contributed by atoms with Crippen LogP contribution in [0.3, 0.4) is 0 Å². The van der Waals surface area contributed by atoms with E-state index >= 15 is 0 Å². The van der Waals surface area contributed by atoms with E-state index in [-0.39, 0.29) is 31.0 Å². The predicted molar refractivity (Wildman–Crippen MR) is 63.1 cm³/mol. The topological polar surface area (TPSA) is 45.5 Å². The summed E-state index contributed by atoms with van der Waals surface area (Å²) in [5, 5.41) is 2.60. The number of nitrogens with zero attached hydrogens (tertiary/aromatic N) is 1. The van der Waals surface area contributed by atoms with E-state index in [2.05, 4.69) is 9.73 Å². The fourth-order valence-corrected chi connectivity index (χ4v) is 1.89. The first-order chi connectivity index (χ1) is 10.1. The van der Waals surface area contributed by atoms with Gasteiger partial charge in [-0.25, -0.2) is 0 Å². The molecule has 1 fully saturated rings. The van der Waals surface area contributed by atoms with E-state index in [1.54, 1.807) is 0 Å². The number of hydrogen-bond acceptors (Lipinski definition) is 4. The van der Waals surface area contributed by atoms with Gasteiger partial charge in [-0.1, -0.05) is 0 Å². The lowest BCUT2D eigenvalue weighted by Crippen LogP contribution is -2.42. The molecule has 1 aromatic heterocycles. The maximum atomic E-state index is 12.4. The molecular formula is C12H10F6N2O2. The van der Waals surface area contributed by atoms with Gasteiger partial charge >= 0.3 is 12.4 Å². The minimum Gasteiger partial charge on any atom is -0.458 e. The maximum absolute atomic E-state index is 12.4. The van der Waals surface area contributed by atoms with Gasteiger partial charge < -0.3 is 14.6 Å². The highest BCUT2D eigenvalue weighted by Gasteiger charge is 2.38. The third-order valence-corrected chi connectivity index (χ3v) is 2.91. The van der Waals surface area contributed by atoms with Crippen LogP contribution in [0.5, 0.6) is 0 Å². The first-order valence-corrected chi connectivity index (χ1v) is 6.03. The predicted octanol–water partition coefficient (Wildman–Crippen LogP) is 2.72. The van der Waals surface area contributed by atoms with Crippen LogP contribution >= 0.6 is 0 Å². The quantitative estimate of drug-likeness (QED) is 0.670. The Morgan fingerprint density at radius 3 is 2.50 bits per heavy atom. The summed E-state index contributed by atoms with van der Waals surface area (Å²) < 4.78 is 78.3. The Morgan fingerprint density at radius 1 is 1.27 bits per heavy atom. The van der Waals surface area contributed by atoms with Gasteiger partial charge in [0.2, 0.25) is 5.76 Å². The number of rotatable bonds is 2. The summed E-state index contributed by atoms with van der Waals surface area (Å²) in [6.45, 7) is 0.288. The number of allylic oxidation sites excluding steroid dienone is 1. The number of hydrogen-bond donors (Lipinski definition) is 1. The third kappa shape index (κ3) is 3.74. The van der Waals surface area contributed by atoms with Crippen LogP contribution < -0.4 is 10.2 Å². The average molecular weight is 328 g/mol. The van der Waals surface area contributed by atoms with Crippen LogP contribution in [0, 0.1) is 0 Å². The van der Waals surface area contributed by atoms with E-state index in [1.807, 2.05) is 0 Å². The Bertz CT molecular complexity index is 587. The molecule has 0 atom stereocenters. The second-order valence-corrected chi connectivity index (χ2v) is 4.55. The Labute approximate surface area is 120 Å². The second kappa shape index (κ2) is 5.58.